The van der Waals surface area contributed by atoms with Crippen LogP contribution in [-0.2, 0) is 22.6 Å². The predicted octanol–water partition coefficient (Wildman–Crippen LogP) is 2.33. The minimum Gasteiger partial charge on any atom is -0.374 e. The molecule has 2 aliphatic heterocycles. The van der Waals surface area contributed by atoms with Crippen molar-refractivity contribution >= 4 is 0 Å². The van der Waals surface area contributed by atoms with E-state index in [2.05, 4.69) is 15.0 Å². The molecule has 2 aliphatic rings. The van der Waals surface area contributed by atoms with E-state index in [4.69, 9.17) is 14.0 Å². The van der Waals surface area contributed by atoms with E-state index in [1.807, 2.05) is 25.1 Å². The Labute approximate surface area is 141 Å². The molecule has 6 heteroatoms. The number of nitrogens with zero attached hydrogens (tertiary/aromatic N) is 3. The second-order valence-corrected chi connectivity index (χ2v) is 6.61. The van der Waals surface area contributed by atoms with Gasteiger partial charge in [-0.15, -0.1) is 0 Å². The highest BCUT2D eigenvalue weighted by atomic mass is 16.5. The van der Waals surface area contributed by atoms with Crippen LogP contribution >= 0.6 is 0 Å². The van der Waals surface area contributed by atoms with Gasteiger partial charge < -0.3 is 14.0 Å². The maximum absolute atomic E-state index is 6.19. The van der Waals surface area contributed by atoms with Crippen molar-refractivity contribution in [1.29, 1.82) is 0 Å². The van der Waals surface area contributed by atoms with E-state index in [1.54, 1.807) is 12.4 Å². The molecule has 2 fully saturated rings. The second-order valence-electron chi connectivity index (χ2n) is 6.61. The topological polar surface area (TPSA) is 60.6 Å². The number of pyridine rings is 1. The van der Waals surface area contributed by atoms with Gasteiger partial charge in [0.2, 0.25) is 0 Å². The van der Waals surface area contributed by atoms with Crippen molar-refractivity contribution in [3.05, 3.63) is 47.6 Å². The molecule has 0 amide bonds. The first-order valence-corrected chi connectivity index (χ1v) is 8.58. The molecule has 0 unspecified atom stereocenters. The number of aryl methyl sites for hydroxylation is 1. The molecule has 4 rings (SSSR count). The molecule has 0 aliphatic carbocycles. The first-order chi connectivity index (χ1) is 11.8. The number of aromatic nitrogens is 2. The van der Waals surface area contributed by atoms with E-state index in [0.29, 0.717) is 12.6 Å². The molecule has 0 spiro atoms. The summed E-state index contributed by atoms with van der Waals surface area (Å²) >= 11 is 0. The standard InChI is InChI=1S/C18H23N3O3/c1-13-9-15(20-24-13)10-21-11-17(18-16(21)3-2-8-22-18)23-12-14-4-6-19-7-5-14/h4-7,9,16-18H,2-3,8,10-12H2,1H3/t16-,17+,18+/m0/s1. The number of ether oxygens (including phenoxy) is 2. The van der Waals surface area contributed by atoms with Crippen LogP contribution in [0.1, 0.15) is 29.9 Å². The van der Waals surface area contributed by atoms with Crippen LogP contribution in [0.5, 0.6) is 0 Å². The van der Waals surface area contributed by atoms with Gasteiger partial charge in [-0.3, -0.25) is 9.88 Å². The molecular formula is C18H23N3O3. The van der Waals surface area contributed by atoms with Gasteiger partial charge in [0.05, 0.1) is 18.4 Å². The first-order valence-electron chi connectivity index (χ1n) is 8.58. The van der Waals surface area contributed by atoms with Gasteiger partial charge in [0.15, 0.2) is 0 Å². The molecule has 2 aromatic rings. The Morgan fingerprint density at radius 1 is 1.33 bits per heavy atom. The van der Waals surface area contributed by atoms with Gasteiger partial charge in [0.25, 0.3) is 0 Å². The zero-order valence-corrected chi connectivity index (χ0v) is 13.9. The summed E-state index contributed by atoms with van der Waals surface area (Å²) in [5, 5.41) is 4.13. The third kappa shape index (κ3) is 3.36. The average Bonchev–Trinajstić information content (AvgIpc) is 3.18. The molecule has 0 radical (unpaired) electrons. The number of likely N-dealkylation sites (tertiary alicyclic amines) is 1. The van der Waals surface area contributed by atoms with Gasteiger partial charge >= 0.3 is 0 Å². The molecule has 3 atom stereocenters. The van der Waals surface area contributed by atoms with E-state index < -0.39 is 0 Å². The summed E-state index contributed by atoms with van der Waals surface area (Å²) in [6.07, 6.45) is 6.09. The summed E-state index contributed by atoms with van der Waals surface area (Å²) in [6.45, 7) is 5.00. The molecule has 0 aromatic carbocycles. The van der Waals surface area contributed by atoms with Gasteiger partial charge in [-0.25, -0.2) is 0 Å². The van der Waals surface area contributed by atoms with E-state index in [1.165, 1.54) is 0 Å². The van der Waals surface area contributed by atoms with Gasteiger partial charge in [-0.1, -0.05) is 5.16 Å². The number of fused-ring (bicyclic) bond motifs is 1. The monoisotopic (exact) mass is 329 g/mol. The van der Waals surface area contributed by atoms with Crippen molar-refractivity contribution in [2.45, 2.75) is 51.2 Å². The normalized spacial score (nSPS) is 27.3. The first kappa shape index (κ1) is 15.7. The maximum atomic E-state index is 6.19. The molecule has 2 aromatic heterocycles. The summed E-state index contributed by atoms with van der Waals surface area (Å²) in [5.41, 5.74) is 2.12. The smallest absolute Gasteiger partial charge is 0.133 e. The van der Waals surface area contributed by atoms with Crippen molar-refractivity contribution in [2.75, 3.05) is 13.2 Å². The minimum atomic E-state index is 0.0939. The quantitative estimate of drug-likeness (QED) is 0.839. The average molecular weight is 329 g/mol. The maximum Gasteiger partial charge on any atom is 0.133 e. The lowest BCUT2D eigenvalue weighted by Crippen LogP contribution is -2.41. The van der Waals surface area contributed by atoms with Crippen molar-refractivity contribution < 1.29 is 14.0 Å². The lowest BCUT2D eigenvalue weighted by atomic mass is 10.0. The molecule has 2 saturated heterocycles. The highest BCUT2D eigenvalue weighted by Crippen LogP contribution is 2.32. The Morgan fingerprint density at radius 2 is 2.21 bits per heavy atom. The predicted molar refractivity (Wildman–Crippen MR) is 87.2 cm³/mol. The number of hydrogen-bond acceptors (Lipinski definition) is 6. The summed E-state index contributed by atoms with van der Waals surface area (Å²) in [6, 6.07) is 6.39. The van der Waals surface area contributed by atoms with Gasteiger partial charge in [0, 0.05) is 44.2 Å². The van der Waals surface area contributed by atoms with Crippen LogP contribution in [0.25, 0.3) is 0 Å². The molecular weight excluding hydrogens is 306 g/mol. The summed E-state index contributed by atoms with van der Waals surface area (Å²) in [5.74, 6) is 0.853. The van der Waals surface area contributed by atoms with Crippen molar-refractivity contribution in [3.63, 3.8) is 0 Å². The van der Waals surface area contributed by atoms with Crippen LogP contribution in [-0.4, -0.2) is 46.4 Å². The Hall–Kier alpha value is -1.76. The Morgan fingerprint density at radius 3 is 3.00 bits per heavy atom. The fourth-order valence-electron chi connectivity index (χ4n) is 3.72. The molecule has 0 N–H and O–H groups in total. The Kier molecular flexibility index (Phi) is 4.60. The summed E-state index contributed by atoms with van der Waals surface area (Å²) in [7, 11) is 0. The highest BCUT2D eigenvalue weighted by Gasteiger charge is 2.44. The zero-order valence-electron chi connectivity index (χ0n) is 13.9. The van der Waals surface area contributed by atoms with Crippen LogP contribution in [0.4, 0.5) is 0 Å². The molecule has 24 heavy (non-hydrogen) atoms. The molecule has 128 valence electrons. The second kappa shape index (κ2) is 7.01. The lowest BCUT2D eigenvalue weighted by molar-refractivity contribution is -0.0819. The minimum absolute atomic E-state index is 0.0939. The molecule has 6 nitrogen and oxygen atoms in total. The third-order valence-corrected chi connectivity index (χ3v) is 4.84. The third-order valence-electron chi connectivity index (χ3n) is 4.84. The summed E-state index contributed by atoms with van der Waals surface area (Å²) < 4.78 is 17.4. The Balaban J connectivity index is 1.42. The van der Waals surface area contributed by atoms with Crippen molar-refractivity contribution in [1.82, 2.24) is 15.0 Å². The fourth-order valence-corrected chi connectivity index (χ4v) is 3.72. The fraction of sp³-hybridized carbons (Fsp3) is 0.556. The van der Waals surface area contributed by atoms with Crippen LogP contribution in [0.15, 0.2) is 35.1 Å². The number of rotatable bonds is 5. The largest absolute Gasteiger partial charge is 0.374 e. The SMILES string of the molecule is Cc1cc(CN2C[C@@H](OCc3ccncc3)[C@@H]3OCCC[C@@H]32)no1. The molecule has 0 saturated carbocycles. The lowest BCUT2D eigenvalue weighted by Gasteiger charge is -2.32. The van der Waals surface area contributed by atoms with Crippen LogP contribution in [0, 0.1) is 6.92 Å². The van der Waals surface area contributed by atoms with Gasteiger partial charge in [-0.05, 0) is 37.5 Å². The van der Waals surface area contributed by atoms with Crippen molar-refractivity contribution in [2.24, 2.45) is 0 Å². The zero-order chi connectivity index (χ0) is 16.4. The Bertz CT molecular complexity index is 661. The summed E-state index contributed by atoms with van der Waals surface area (Å²) in [4.78, 5) is 6.48. The molecule has 0 bridgehead atoms. The van der Waals surface area contributed by atoms with Gasteiger partial charge in [0.1, 0.15) is 11.9 Å². The van der Waals surface area contributed by atoms with Crippen LogP contribution in [0.2, 0.25) is 0 Å². The van der Waals surface area contributed by atoms with E-state index in [0.717, 1.165) is 49.6 Å². The van der Waals surface area contributed by atoms with E-state index in [-0.39, 0.29) is 12.2 Å². The number of hydrogen-bond donors (Lipinski definition) is 0. The van der Waals surface area contributed by atoms with E-state index in [9.17, 15) is 0 Å². The van der Waals surface area contributed by atoms with Crippen molar-refractivity contribution in [3.8, 4) is 0 Å². The van der Waals surface area contributed by atoms with Crippen LogP contribution < -0.4 is 0 Å². The molecule has 4 heterocycles. The highest BCUT2D eigenvalue weighted by molar-refractivity contribution is 5.09. The van der Waals surface area contributed by atoms with E-state index >= 15 is 0 Å². The van der Waals surface area contributed by atoms with Crippen LogP contribution in [0.3, 0.4) is 0 Å². The van der Waals surface area contributed by atoms with Gasteiger partial charge in [-0.2, -0.15) is 0 Å².